The number of furan rings is 1. The monoisotopic (exact) mass is 431 g/mol. The van der Waals surface area contributed by atoms with Crippen molar-refractivity contribution in [2.24, 2.45) is 0 Å². The largest absolute Gasteiger partial charge is 0.496 e. The quantitative estimate of drug-likeness (QED) is 0.476. The number of benzene rings is 1. The molecule has 2 heterocycles. The van der Waals surface area contributed by atoms with E-state index in [9.17, 15) is 4.79 Å². The van der Waals surface area contributed by atoms with E-state index in [1.165, 1.54) is 0 Å². The smallest absolute Gasteiger partial charge is 0.169 e. The van der Waals surface area contributed by atoms with Gasteiger partial charge in [-0.05, 0) is 53.2 Å². The Balaban J connectivity index is 1.80. The second-order valence-corrected chi connectivity index (χ2v) is 7.08. The Labute approximate surface area is 166 Å². The summed E-state index contributed by atoms with van der Waals surface area (Å²) >= 11 is 3.35. The lowest BCUT2D eigenvalue weighted by atomic mass is 10.1. The van der Waals surface area contributed by atoms with Gasteiger partial charge in [-0.1, -0.05) is 0 Å². The first kappa shape index (κ1) is 19.4. The molecule has 0 bridgehead atoms. The summed E-state index contributed by atoms with van der Waals surface area (Å²) in [6, 6.07) is 9.40. The Morgan fingerprint density at radius 3 is 2.78 bits per heavy atom. The number of hydrogen-bond donors (Lipinski definition) is 0. The average Bonchev–Trinajstić information content (AvgIpc) is 3.31. The summed E-state index contributed by atoms with van der Waals surface area (Å²) < 4.78 is 13.9. The summed E-state index contributed by atoms with van der Waals surface area (Å²) in [7, 11) is 1.64. The van der Waals surface area contributed by atoms with Crippen molar-refractivity contribution in [2.75, 3.05) is 13.7 Å². The summed E-state index contributed by atoms with van der Waals surface area (Å²) in [6.07, 6.45) is 5.52. The maximum Gasteiger partial charge on any atom is 0.169 e. The van der Waals surface area contributed by atoms with Crippen LogP contribution in [0.1, 0.15) is 28.6 Å². The molecule has 0 radical (unpaired) electrons. The molecule has 0 saturated carbocycles. The van der Waals surface area contributed by atoms with Crippen LogP contribution in [0.2, 0.25) is 0 Å². The van der Waals surface area contributed by atoms with Crippen LogP contribution in [-0.4, -0.2) is 33.9 Å². The van der Waals surface area contributed by atoms with E-state index in [0.717, 1.165) is 30.2 Å². The van der Waals surface area contributed by atoms with E-state index in [-0.39, 0.29) is 5.78 Å². The fourth-order valence-electron chi connectivity index (χ4n) is 2.91. The minimum atomic E-state index is 0.0406. The minimum absolute atomic E-state index is 0.0406. The molecular formula is C20H22BrN3O3. The maximum atomic E-state index is 11.8. The second-order valence-electron chi connectivity index (χ2n) is 6.30. The average molecular weight is 432 g/mol. The van der Waals surface area contributed by atoms with Crippen LogP contribution < -0.4 is 4.74 Å². The summed E-state index contributed by atoms with van der Waals surface area (Å²) in [6.45, 7) is 4.45. The highest BCUT2D eigenvalue weighted by Crippen LogP contribution is 2.24. The van der Waals surface area contributed by atoms with Crippen LogP contribution >= 0.6 is 15.9 Å². The summed E-state index contributed by atoms with van der Waals surface area (Å²) in [5, 5.41) is 0. The molecule has 0 spiro atoms. The van der Waals surface area contributed by atoms with Crippen molar-refractivity contribution in [3.63, 3.8) is 0 Å². The van der Waals surface area contributed by atoms with Gasteiger partial charge in [-0.15, -0.1) is 0 Å². The van der Waals surface area contributed by atoms with E-state index in [1.807, 2.05) is 35.0 Å². The topological polar surface area (TPSA) is 60.5 Å². The van der Waals surface area contributed by atoms with Crippen LogP contribution in [0, 0.1) is 0 Å². The predicted molar refractivity (Wildman–Crippen MR) is 106 cm³/mol. The molecule has 0 saturated heterocycles. The molecule has 27 heavy (non-hydrogen) atoms. The van der Waals surface area contributed by atoms with Gasteiger partial charge in [-0.2, -0.15) is 0 Å². The standard InChI is InChI=1S/C20H22BrN3O3/c1-15(25)16-3-5-19(26-2)17(11-16)12-24(10-9-23-8-7-22-14-23)13-18-4-6-20(21)27-18/h3-8,11,14H,9-10,12-13H2,1-2H3. The molecule has 0 N–H and O–H groups in total. The van der Waals surface area contributed by atoms with Crippen LogP contribution in [-0.2, 0) is 19.6 Å². The first-order chi connectivity index (χ1) is 13.0. The predicted octanol–water partition coefficient (Wildman–Crippen LogP) is 4.15. The maximum absolute atomic E-state index is 11.8. The molecule has 0 amide bonds. The number of imidazole rings is 1. The first-order valence-corrected chi connectivity index (χ1v) is 9.44. The van der Waals surface area contributed by atoms with Gasteiger partial charge in [-0.25, -0.2) is 4.98 Å². The van der Waals surface area contributed by atoms with E-state index < -0.39 is 0 Å². The number of ether oxygens (including phenoxy) is 1. The number of hydrogen-bond acceptors (Lipinski definition) is 5. The Hall–Kier alpha value is -2.38. The number of ketones is 1. The molecule has 6 nitrogen and oxygen atoms in total. The lowest BCUT2D eigenvalue weighted by Gasteiger charge is -2.23. The molecule has 0 aliphatic carbocycles. The van der Waals surface area contributed by atoms with Crippen molar-refractivity contribution in [1.29, 1.82) is 0 Å². The highest BCUT2D eigenvalue weighted by molar-refractivity contribution is 9.10. The van der Waals surface area contributed by atoms with Gasteiger partial charge < -0.3 is 13.7 Å². The summed E-state index contributed by atoms with van der Waals surface area (Å²) in [4.78, 5) is 18.1. The fourth-order valence-corrected chi connectivity index (χ4v) is 3.25. The number of halogens is 1. The van der Waals surface area contributed by atoms with Gasteiger partial charge in [0.05, 0.1) is 20.0 Å². The summed E-state index contributed by atoms with van der Waals surface area (Å²) in [5.41, 5.74) is 1.66. The van der Waals surface area contributed by atoms with Crippen molar-refractivity contribution < 1.29 is 13.9 Å². The molecule has 142 valence electrons. The molecule has 1 aromatic carbocycles. The Morgan fingerprint density at radius 1 is 1.30 bits per heavy atom. The van der Waals surface area contributed by atoms with Gasteiger partial charge in [-0.3, -0.25) is 9.69 Å². The van der Waals surface area contributed by atoms with Gasteiger partial charge in [0.1, 0.15) is 11.5 Å². The van der Waals surface area contributed by atoms with Crippen LogP contribution in [0.4, 0.5) is 0 Å². The normalized spacial score (nSPS) is 11.1. The van der Waals surface area contributed by atoms with E-state index >= 15 is 0 Å². The minimum Gasteiger partial charge on any atom is -0.496 e. The van der Waals surface area contributed by atoms with Crippen molar-refractivity contribution in [3.8, 4) is 5.75 Å². The lowest BCUT2D eigenvalue weighted by Crippen LogP contribution is -2.27. The third kappa shape index (κ3) is 5.30. The molecule has 0 atom stereocenters. The molecule has 0 aliphatic heterocycles. The second kappa shape index (κ2) is 9.01. The molecular weight excluding hydrogens is 410 g/mol. The van der Waals surface area contributed by atoms with Crippen LogP contribution in [0.3, 0.4) is 0 Å². The number of aromatic nitrogens is 2. The molecule has 0 unspecified atom stereocenters. The Bertz CT molecular complexity index is 890. The number of carbonyl (C=O) groups excluding carboxylic acids is 1. The van der Waals surface area contributed by atoms with Gasteiger partial charge >= 0.3 is 0 Å². The van der Waals surface area contributed by atoms with E-state index in [1.54, 1.807) is 32.6 Å². The number of methoxy groups -OCH3 is 1. The molecule has 2 aromatic heterocycles. The Morgan fingerprint density at radius 2 is 2.15 bits per heavy atom. The SMILES string of the molecule is COc1ccc(C(C)=O)cc1CN(CCn1ccnc1)Cc1ccc(Br)o1. The first-order valence-electron chi connectivity index (χ1n) is 8.65. The van der Waals surface area contributed by atoms with Gasteiger partial charge in [0.2, 0.25) is 0 Å². The zero-order valence-electron chi connectivity index (χ0n) is 15.4. The molecule has 0 aliphatic rings. The number of carbonyl (C=O) groups is 1. The van der Waals surface area contributed by atoms with E-state index in [2.05, 4.69) is 25.8 Å². The van der Waals surface area contributed by atoms with Crippen molar-refractivity contribution in [3.05, 3.63) is 70.6 Å². The molecule has 3 aromatic rings. The summed E-state index contributed by atoms with van der Waals surface area (Å²) in [5.74, 6) is 1.68. The third-order valence-electron chi connectivity index (χ3n) is 4.32. The van der Waals surface area contributed by atoms with Crippen molar-refractivity contribution >= 4 is 21.7 Å². The van der Waals surface area contributed by atoms with Gasteiger partial charge in [0.25, 0.3) is 0 Å². The van der Waals surface area contributed by atoms with E-state index in [0.29, 0.717) is 23.3 Å². The molecule has 0 fully saturated rings. The van der Waals surface area contributed by atoms with E-state index in [4.69, 9.17) is 9.15 Å². The third-order valence-corrected chi connectivity index (χ3v) is 4.75. The molecule has 3 rings (SSSR count). The Kier molecular flexibility index (Phi) is 6.47. The van der Waals surface area contributed by atoms with Crippen molar-refractivity contribution in [1.82, 2.24) is 14.5 Å². The number of nitrogens with zero attached hydrogens (tertiary/aromatic N) is 3. The zero-order chi connectivity index (χ0) is 19.2. The number of rotatable bonds is 9. The van der Waals surface area contributed by atoms with Crippen LogP contribution in [0.15, 0.2) is 58.1 Å². The zero-order valence-corrected chi connectivity index (χ0v) is 17.0. The van der Waals surface area contributed by atoms with Crippen LogP contribution in [0.25, 0.3) is 0 Å². The number of Topliss-reactive ketones (excluding diaryl/α,β-unsaturated/α-hetero) is 1. The van der Waals surface area contributed by atoms with Crippen LogP contribution in [0.5, 0.6) is 5.75 Å². The van der Waals surface area contributed by atoms with Gasteiger partial charge in [0.15, 0.2) is 10.5 Å². The van der Waals surface area contributed by atoms with Crippen molar-refractivity contribution in [2.45, 2.75) is 26.6 Å². The van der Waals surface area contributed by atoms with Gasteiger partial charge in [0, 0.05) is 43.2 Å². The lowest BCUT2D eigenvalue weighted by molar-refractivity contribution is 0.101. The fraction of sp³-hybridized carbons (Fsp3) is 0.300. The highest BCUT2D eigenvalue weighted by Gasteiger charge is 2.14. The highest BCUT2D eigenvalue weighted by atomic mass is 79.9. The molecule has 7 heteroatoms.